The summed E-state index contributed by atoms with van der Waals surface area (Å²) in [6.45, 7) is 3.24. The van der Waals surface area contributed by atoms with Crippen LogP contribution in [-0.4, -0.2) is 28.2 Å². The van der Waals surface area contributed by atoms with Gasteiger partial charge >= 0.3 is 12.3 Å². The second kappa shape index (κ2) is 10.1. The Morgan fingerprint density at radius 3 is 2.59 bits per heavy atom. The number of ether oxygens (including phenoxy) is 2. The minimum absolute atomic E-state index is 0.0867. The van der Waals surface area contributed by atoms with Gasteiger partial charge in [0.2, 0.25) is 0 Å². The van der Waals surface area contributed by atoms with Crippen molar-refractivity contribution >= 4 is 27.8 Å². The zero-order valence-corrected chi connectivity index (χ0v) is 18.9. The van der Waals surface area contributed by atoms with Gasteiger partial charge in [-0.15, -0.1) is 0 Å². The van der Waals surface area contributed by atoms with Gasteiger partial charge in [-0.3, -0.25) is 10.00 Å². The highest BCUT2D eigenvalue weighted by molar-refractivity contribution is 9.10. The van der Waals surface area contributed by atoms with Crippen LogP contribution < -0.4 is 10.1 Å². The Balaban J connectivity index is 1.70. The largest absolute Gasteiger partial charge is 0.489 e. The number of benzene rings is 2. The van der Waals surface area contributed by atoms with Crippen LogP contribution >= 0.6 is 15.9 Å². The number of nitrogens with one attached hydrogen (secondary N) is 1. The molecule has 0 aliphatic rings. The van der Waals surface area contributed by atoms with Crippen LogP contribution in [0.5, 0.6) is 5.75 Å². The van der Waals surface area contributed by atoms with E-state index in [2.05, 4.69) is 31.1 Å². The molecule has 2 aromatic carbocycles. The van der Waals surface area contributed by atoms with Crippen molar-refractivity contribution in [3.63, 3.8) is 0 Å². The number of halogens is 4. The zero-order valence-electron chi connectivity index (χ0n) is 17.3. The van der Waals surface area contributed by atoms with Gasteiger partial charge in [0.1, 0.15) is 12.4 Å². The third kappa shape index (κ3) is 6.49. The maximum atomic E-state index is 12.6. The van der Waals surface area contributed by atoms with E-state index in [1.165, 1.54) is 0 Å². The third-order valence-corrected chi connectivity index (χ3v) is 5.03. The summed E-state index contributed by atoms with van der Waals surface area (Å²) in [4.78, 5) is 11.8. The molecule has 1 heterocycles. The first kappa shape index (κ1) is 23.6. The molecule has 1 atom stereocenters. The average Bonchev–Trinajstić information content (AvgIpc) is 3.06. The predicted molar refractivity (Wildman–Crippen MR) is 117 cm³/mol. The summed E-state index contributed by atoms with van der Waals surface area (Å²) in [6, 6.07) is 16.9. The number of aryl methyl sites for hydroxylation is 1. The van der Waals surface area contributed by atoms with Crippen molar-refractivity contribution in [3.05, 3.63) is 75.9 Å². The van der Waals surface area contributed by atoms with E-state index in [0.717, 1.165) is 22.5 Å². The van der Waals surface area contributed by atoms with Crippen LogP contribution in [-0.2, 0) is 17.9 Å². The number of anilines is 1. The topological polar surface area (TPSA) is 65.4 Å². The number of hydrogen-bond donors (Lipinski definition) is 1. The van der Waals surface area contributed by atoms with Gasteiger partial charge in [0.25, 0.3) is 0 Å². The molecule has 0 bridgehead atoms. The molecule has 170 valence electrons. The van der Waals surface area contributed by atoms with Crippen LogP contribution in [0, 0.1) is 6.92 Å². The Morgan fingerprint density at radius 2 is 1.91 bits per heavy atom. The molecule has 0 fully saturated rings. The van der Waals surface area contributed by atoms with Gasteiger partial charge in [0.15, 0.2) is 11.9 Å². The minimum atomic E-state index is -4.64. The standard InChI is InChI=1S/C22H21BrF3N3O3/c1-14-10-20(27-21(30)32-15(2)22(24,25)26)28-29(14)12-17-11-18(23)8-9-19(17)31-13-16-6-4-3-5-7-16/h3-11,15H,12-13H2,1-2H3,(H,27,28,30). The van der Waals surface area contributed by atoms with E-state index in [1.807, 2.05) is 48.5 Å². The van der Waals surface area contributed by atoms with Gasteiger partial charge < -0.3 is 9.47 Å². The molecule has 0 saturated carbocycles. The van der Waals surface area contributed by atoms with Gasteiger partial charge in [-0.05, 0) is 37.6 Å². The highest BCUT2D eigenvalue weighted by Gasteiger charge is 2.39. The minimum Gasteiger partial charge on any atom is -0.489 e. The SMILES string of the molecule is Cc1cc(NC(=O)OC(C)C(F)(F)F)nn1Cc1cc(Br)ccc1OCc1ccccc1. The third-order valence-electron chi connectivity index (χ3n) is 4.54. The monoisotopic (exact) mass is 511 g/mol. The summed E-state index contributed by atoms with van der Waals surface area (Å²) in [6.07, 6.45) is -8.09. The van der Waals surface area contributed by atoms with E-state index in [4.69, 9.17) is 4.74 Å². The summed E-state index contributed by atoms with van der Waals surface area (Å²) >= 11 is 3.45. The van der Waals surface area contributed by atoms with Crippen molar-refractivity contribution in [1.29, 1.82) is 0 Å². The summed E-state index contributed by atoms with van der Waals surface area (Å²) in [7, 11) is 0. The second-order valence-corrected chi connectivity index (χ2v) is 7.98. The molecule has 1 amide bonds. The number of carbonyl (C=O) groups is 1. The van der Waals surface area contributed by atoms with E-state index in [0.29, 0.717) is 24.6 Å². The maximum Gasteiger partial charge on any atom is 0.425 e. The summed E-state index contributed by atoms with van der Waals surface area (Å²) in [5.41, 5.74) is 2.55. The molecule has 1 aromatic heterocycles. The zero-order chi connectivity index (χ0) is 23.3. The number of hydrogen-bond acceptors (Lipinski definition) is 4. The Labute approximate surface area is 191 Å². The number of amides is 1. The lowest BCUT2D eigenvalue weighted by Crippen LogP contribution is -2.32. The maximum absolute atomic E-state index is 12.6. The van der Waals surface area contributed by atoms with Crippen LogP contribution in [0.15, 0.2) is 59.1 Å². The van der Waals surface area contributed by atoms with E-state index < -0.39 is 18.4 Å². The molecule has 6 nitrogen and oxygen atoms in total. The summed E-state index contributed by atoms with van der Waals surface area (Å²) in [5.74, 6) is 0.753. The predicted octanol–water partition coefficient (Wildman–Crippen LogP) is 6.08. The summed E-state index contributed by atoms with van der Waals surface area (Å²) < 4.78 is 50.5. The Morgan fingerprint density at radius 1 is 1.19 bits per heavy atom. The quantitative estimate of drug-likeness (QED) is 0.417. The molecule has 3 aromatic rings. The lowest BCUT2D eigenvalue weighted by molar-refractivity contribution is -0.196. The van der Waals surface area contributed by atoms with Crippen molar-refractivity contribution in [2.45, 2.75) is 39.3 Å². The van der Waals surface area contributed by atoms with Crippen molar-refractivity contribution in [2.75, 3.05) is 5.32 Å². The molecule has 1 unspecified atom stereocenters. The first-order valence-electron chi connectivity index (χ1n) is 9.66. The van der Waals surface area contributed by atoms with E-state index in [9.17, 15) is 18.0 Å². The Hall–Kier alpha value is -3.01. The first-order chi connectivity index (χ1) is 15.1. The van der Waals surface area contributed by atoms with Gasteiger partial charge in [0.05, 0.1) is 6.54 Å². The molecule has 1 N–H and O–H groups in total. The Kier molecular flexibility index (Phi) is 7.44. The van der Waals surface area contributed by atoms with Crippen molar-refractivity contribution < 1.29 is 27.4 Å². The van der Waals surface area contributed by atoms with Crippen LogP contribution in [0.3, 0.4) is 0 Å². The molecule has 10 heteroatoms. The van der Waals surface area contributed by atoms with E-state index >= 15 is 0 Å². The molecule has 0 aliphatic heterocycles. The van der Waals surface area contributed by atoms with Gasteiger partial charge in [-0.1, -0.05) is 46.3 Å². The van der Waals surface area contributed by atoms with E-state index in [-0.39, 0.29) is 5.82 Å². The fraction of sp³-hybridized carbons (Fsp3) is 0.273. The summed E-state index contributed by atoms with van der Waals surface area (Å²) in [5, 5.41) is 6.49. The van der Waals surface area contributed by atoms with Gasteiger partial charge in [-0.25, -0.2) is 4.79 Å². The second-order valence-electron chi connectivity index (χ2n) is 7.07. The van der Waals surface area contributed by atoms with Crippen LogP contribution in [0.25, 0.3) is 0 Å². The van der Waals surface area contributed by atoms with Crippen LogP contribution in [0.1, 0.15) is 23.7 Å². The fourth-order valence-electron chi connectivity index (χ4n) is 2.80. The molecule has 0 radical (unpaired) electrons. The average molecular weight is 512 g/mol. The lowest BCUT2D eigenvalue weighted by atomic mass is 10.2. The fourth-order valence-corrected chi connectivity index (χ4v) is 3.21. The smallest absolute Gasteiger partial charge is 0.425 e. The van der Waals surface area contributed by atoms with E-state index in [1.54, 1.807) is 17.7 Å². The molecule has 32 heavy (non-hydrogen) atoms. The molecule has 3 rings (SSSR count). The van der Waals surface area contributed by atoms with Crippen LogP contribution in [0.4, 0.5) is 23.8 Å². The van der Waals surface area contributed by atoms with Crippen molar-refractivity contribution in [1.82, 2.24) is 9.78 Å². The number of rotatable bonds is 7. The number of nitrogens with zero attached hydrogens (tertiary/aromatic N) is 2. The molecular formula is C22H21BrF3N3O3. The number of alkyl halides is 3. The highest BCUT2D eigenvalue weighted by atomic mass is 79.9. The Bertz CT molecular complexity index is 1070. The van der Waals surface area contributed by atoms with Gasteiger partial charge in [-0.2, -0.15) is 18.3 Å². The first-order valence-corrected chi connectivity index (χ1v) is 10.4. The molecular weight excluding hydrogens is 491 g/mol. The highest BCUT2D eigenvalue weighted by Crippen LogP contribution is 2.26. The number of aromatic nitrogens is 2. The van der Waals surface area contributed by atoms with Crippen molar-refractivity contribution in [3.8, 4) is 5.75 Å². The molecule has 0 saturated heterocycles. The molecule has 0 aliphatic carbocycles. The normalized spacial score (nSPS) is 12.3. The van der Waals surface area contributed by atoms with Crippen LogP contribution in [0.2, 0.25) is 0 Å². The lowest BCUT2D eigenvalue weighted by Gasteiger charge is -2.16. The molecule has 0 spiro atoms. The number of carbonyl (C=O) groups excluding carboxylic acids is 1. The van der Waals surface area contributed by atoms with Gasteiger partial charge in [0, 0.05) is 21.8 Å². The van der Waals surface area contributed by atoms with Crippen molar-refractivity contribution in [2.24, 2.45) is 0 Å².